The van der Waals surface area contributed by atoms with Crippen LogP contribution in [-0.2, 0) is 6.54 Å². The minimum absolute atomic E-state index is 0.167. The standard InChI is InChI=1S/C27H37N3O4/c1-15-12-17(3)29-26(32)22(15)14-28-25(31)21-13-16(2)23-24(18(21)4)34-27(5,33-23)19-8-10-20(11-9-19)30(6)7/h12-13,19-20H,8-11,14H2,1-7H3,(H,28,31)(H,29,32)/t19-,20-,27?. The lowest BCUT2D eigenvalue weighted by atomic mass is 9.81. The van der Waals surface area contributed by atoms with E-state index in [2.05, 4.69) is 29.3 Å². The monoisotopic (exact) mass is 467 g/mol. The molecule has 2 N–H and O–H groups in total. The molecular weight excluding hydrogens is 430 g/mol. The second-order valence-corrected chi connectivity index (χ2v) is 10.3. The number of amides is 1. The van der Waals surface area contributed by atoms with E-state index < -0.39 is 5.79 Å². The number of aromatic nitrogens is 1. The number of aromatic amines is 1. The third-order valence-electron chi connectivity index (χ3n) is 7.61. The summed E-state index contributed by atoms with van der Waals surface area (Å²) in [6.07, 6.45) is 4.34. The highest BCUT2D eigenvalue weighted by Gasteiger charge is 2.47. The van der Waals surface area contributed by atoms with Crippen LogP contribution >= 0.6 is 0 Å². The molecule has 0 bridgehead atoms. The third kappa shape index (κ3) is 4.45. The first kappa shape index (κ1) is 24.3. The summed E-state index contributed by atoms with van der Waals surface area (Å²) in [6.45, 7) is 9.76. The van der Waals surface area contributed by atoms with Crippen LogP contribution in [0.1, 0.15) is 70.9 Å². The van der Waals surface area contributed by atoms with Crippen LogP contribution in [0.5, 0.6) is 11.5 Å². The molecule has 4 rings (SSSR count). The molecule has 184 valence electrons. The molecule has 1 saturated carbocycles. The Hall–Kier alpha value is -2.80. The summed E-state index contributed by atoms with van der Waals surface area (Å²) in [4.78, 5) is 30.5. The van der Waals surface area contributed by atoms with E-state index in [1.54, 1.807) is 0 Å². The number of nitrogens with one attached hydrogen (secondary N) is 2. The maximum absolute atomic E-state index is 13.1. The summed E-state index contributed by atoms with van der Waals surface area (Å²) in [7, 11) is 4.28. The van der Waals surface area contributed by atoms with Crippen LogP contribution in [0.3, 0.4) is 0 Å². The molecule has 7 nitrogen and oxygen atoms in total. The van der Waals surface area contributed by atoms with Gasteiger partial charge in [0.05, 0.1) is 0 Å². The van der Waals surface area contributed by atoms with E-state index in [4.69, 9.17) is 9.47 Å². The zero-order chi connectivity index (χ0) is 24.8. The van der Waals surface area contributed by atoms with Crippen molar-refractivity contribution in [2.24, 2.45) is 5.92 Å². The van der Waals surface area contributed by atoms with Crippen molar-refractivity contribution in [2.75, 3.05) is 14.1 Å². The van der Waals surface area contributed by atoms with Crippen LogP contribution in [0.25, 0.3) is 0 Å². The van der Waals surface area contributed by atoms with Gasteiger partial charge >= 0.3 is 0 Å². The summed E-state index contributed by atoms with van der Waals surface area (Å²) in [5.41, 5.74) is 4.24. The van der Waals surface area contributed by atoms with E-state index in [0.717, 1.165) is 53.8 Å². The van der Waals surface area contributed by atoms with E-state index in [0.29, 0.717) is 28.8 Å². The molecule has 1 amide bonds. The fourth-order valence-electron chi connectivity index (χ4n) is 5.42. The second-order valence-electron chi connectivity index (χ2n) is 10.3. The number of pyridine rings is 1. The molecule has 2 heterocycles. The van der Waals surface area contributed by atoms with Gasteiger partial charge in [0, 0.05) is 47.8 Å². The SMILES string of the molecule is Cc1cc(C)c(CNC(=O)c2cc(C)c3c(c2C)OC(C)([C@H]2CC[C@H](N(C)C)CC2)O3)c(=O)[nH]1. The zero-order valence-electron chi connectivity index (χ0n) is 21.4. The van der Waals surface area contributed by atoms with Crippen LogP contribution < -0.4 is 20.3 Å². The molecule has 1 aromatic carbocycles. The molecule has 1 atom stereocenters. The van der Waals surface area contributed by atoms with Gasteiger partial charge in [-0.25, -0.2) is 0 Å². The van der Waals surface area contributed by atoms with E-state index in [-0.39, 0.29) is 18.0 Å². The van der Waals surface area contributed by atoms with Gasteiger partial charge in [-0.3, -0.25) is 9.59 Å². The largest absolute Gasteiger partial charge is 0.448 e. The lowest BCUT2D eigenvalue weighted by Crippen LogP contribution is -2.46. The number of hydrogen-bond donors (Lipinski definition) is 2. The summed E-state index contributed by atoms with van der Waals surface area (Å²) in [5.74, 6) is 0.732. The maximum atomic E-state index is 13.1. The van der Waals surface area contributed by atoms with Crippen molar-refractivity contribution in [2.45, 2.75) is 78.7 Å². The Morgan fingerprint density at radius 3 is 2.32 bits per heavy atom. The first-order valence-electron chi connectivity index (χ1n) is 12.2. The molecule has 1 unspecified atom stereocenters. The molecule has 1 aliphatic heterocycles. The maximum Gasteiger partial charge on any atom is 0.253 e. The van der Waals surface area contributed by atoms with Crippen molar-refractivity contribution >= 4 is 5.91 Å². The Balaban J connectivity index is 1.52. The third-order valence-corrected chi connectivity index (χ3v) is 7.61. The van der Waals surface area contributed by atoms with Gasteiger partial charge in [0.1, 0.15) is 0 Å². The van der Waals surface area contributed by atoms with Crippen LogP contribution in [0.15, 0.2) is 16.9 Å². The number of rotatable bonds is 5. The number of H-pyrrole nitrogens is 1. The normalized spacial score (nSPS) is 23.9. The number of aryl methyl sites for hydroxylation is 3. The van der Waals surface area contributed by atoms with Crippen LogP contribution in [-0.4, -0.2) is 41.7 Å². The van der Waals surface area contributed by atoms with Crippen molar-refractivity contribution in [3.63, 3.8) is 0 Å². The molecule has 0 spiro atoms. The lowest BCUT2D eigenvalue weighted by Gasteiger charge is -2.39. The highest BCUT2D eigenvalue weighted by atomic mass is 16.7. The number of ether oxygens (including phenoxy) is 2. The Labute approximate surface area is 201 Å². The minimum atomic E-state index is -0.726. The number of benzene rings is 1. The number of carbonyl (C=O) groups excluding carboxylic acids is 1. The fraction of sp³-hybridized carbons (Fsp3) is 0.556. The molecule has 0 radical (unpaired) electrons. The summed E-state index contributed by atoms with van der Waals surface area (Å²) in [6, 6.07) is 4.37. The van der Waals surface area contributed by atoms with Crippen molar-refractivity contribution in [3.05, 3.63) is 56.0 Å². The molecule has 34 heavy (non-hydrogen) atoms. The van der Waals surface area contributed by atoms with Gasteiger partial charge in [-0.15, -0.1) is 0 Å². The first-order chi connectivity index (χ1) is 16.0. The van der Waals surface area contributed by atoms with Gasteiger partial charge < -0.3 is 24.7 Å². The molecule has 1 aromatic heterocycles. The van der Waals surface area contributed by atoms with Crippen LogP contribution in [0, 0.1) is 33.6 Å². The Morgan fingerprint density at radius 1 is 1.06 bits per heavy atom. The van der Waals surface area contributed by atoms with E-state index >= 15 is 0 Å². The average Bonchev–Trinajstić information content (AvgIpc) is 3.15. The number of hydrogen-bond acceptors (Lipinski definition) is 5. The van der Waals surface area contributed by atoms with E-state index in [9.17, 15) is 9.59 Å². The van der Waals surface area contributed by atoms with Gasteiger partial charge in [-0.1, -0.05) is 0 Å². The summed E-state index contributed by atoms with van der Waals surface area (Å²) >= 11 is 0. The Morgan fingerprint density at radius 2 is 1.71 bits per heavy atom. The summed E-state index contributed by atoms with van der Waals surface area (Å²) in [5, 5.41) is 2.92. The lowest BCUT2D eigenvalue weighted by molar-refractivity contribution is -0.123. The molecule has 1 fully saturated rings. The van der Waals surface area contributed by atoms with Crippen LogP contribution in [0.4, 0.5) is 0 Å². The predicted octanol–water partition coefficient (Wildman–Crippen LogP) is 4.15. The van der Waals surface area contributed by atoms with Crippen molar-refractivity contribution < 1.29 is 14.3 Å². The smallest absolute Gasteiger partial charge is 0.253 e. The molecule has 1 aliphatic carbocycles. The number of fused-ring (bicyclic) bond motifs is 1. The predicted molar refractivity (Wildman–Crippen MR) is 133 cm³/mol. The van der Waals surface area contributed by atoms with Gasteiger partial charge in [0.25, 0.3) is 17.3 Å². The number of carbonyl (C=O) groups is 1. The highest BCUT2D eigenvalue weighted by molar-refractivity contribution is 5.97. The molecule has 7 heteroatoms. The van der Waals surface area contributed by atoms with Crippen molar-refractivity contribution in [1.82, 2.24) is 15.2 Å². The highest BCUT2D eigenvalue weighted by Crippen LogP contribution is 2.50. The number of nitrogens with zero attached hydrogens (tertiary/aromatic N) is 1. The Kier molecular flexibility index (Phi) is 6.51. The fourth-order valence-corrected chi connectivity index (χ4v) is 5.42. The van der Waals surface area contributed by atoms with Crippen molar-refractivity contribution in [3.8, 4) is 11.5 Å². The van der Waals surface area contributed by atoms with Gasteiger partial charge in [0.2, 0.25) is 0 Å². The molecule has 2 aromatic rings. The zero-order valence-corrected chi connectivity index (χ0v) is 21.4. The summed E-state index contributed by atoms with van der Waals surface area (Å²) < 4.78 is 12.9. The first-order valence-corrected chi connectivity index (χ1v) is 12.2. The minimum Gasteiger partial charge on any atom is -0.448 e. The molecular formula is C27H37N3O4. The van der Waals surface area contributed by atoms with Gasteiger partial charge in [0.15, 0.2) is 11.5 Å². The Bertz CT molecular complexity index is 1160. The van der Waals surface area contributed by atoms with Crippen molar-refractivity contribution in [1.29, 1.82) is 0 Å². The van der Waals surface area contributed by atoms with E-state index in [1.165, 1.54) is 0 Å². The quantitative estimate of drug-likeness (QED) is 0.690. The topological polar surface area (TPSA) is 83.7 Å². The second kappa shape index (κ2) is 9.10. The van der Waals surface area contributed by atoms with Gasteiger partial charge in [-0.05, 0) is 90.7 Å². The molecule has 0 saturated heterocycles. The van der Waals surface area contributed by atoms with Crippen LogP contribution in [0.2, 0.25) is 0 Å². The molecule has 2 aliphatic rings. The van der Waals surface area contributed by atoms with E-state index in [1.807, 2.05) is 46.8 Å². The average molecular weight is 468 g/mol. The van der Waals surface area contributed by atoms with Gasteiger partial charge in [-0.2, -0.15) is 0 Å².